The molecule has 0 saturated carbocycles. The average Bonchev–Trinajstić information content (AvgIpc) is 2.95. The van der Waals surface area contributed by atoms with Gasteiger partial charge in [-0.3, -0.25) is 0 Å². The van der Waals surface area contributed by atoms with Crippen molar-refractivity contribution in [3.05, 3.63) is 96.3 Å². The Morgan fingerprint density at radius 1 is 0.789 bits per heavy atom. The van der Waals surface area contributed by atoms with Crippen LogP contribution in [0.25, 0.3) is 11.1 Å². The minimum absolute atomic E-state index is 0.390. The highest BCUT2D eigenvalue weighted by molar-refractivity contribution is 5.91. The van der Waals surface area contributed by atoms with Crippen LogP contribution in [0.5, 0.6) is 11.5 Å². The van der Waals surface area contributed by atoms with Gasteiger partial charge in [-0.2, -0.15) is 4.89 Å². The number of carbonyl (C=O) groups is 1. The van der Waals surface area contributed by atoms with Crippen LogP contribution in [-0.2, 0) is 16.2 Å². The van der Waals surface area contributed by atoms with Crippen LogP contribution in [0.4, 0.5) is 0 Å². The van der Waals surface area contributed by atoms with Gasteiger partial charge in [0.25, 0.3) is 0 Å². The Kier molecular flexibility index (Phi) is 12.4. The van der Waals surface area contributed by atoms with Crippen LogP contribution >= 0.6 is 0 Å². The molecular formula is C33H40O5. The Morgan fingerprint density at radius 2 is 1.39 bits per heavy atom. The van der Waals surface area contributed by atoms with Gasteiger partial charge in [0.15, 0.2) is 0 Å². The maximum absolute atomic E-state index is 12.6. The lowest BCUT2D eigenvalue weighted by Gasteiger charge is -2.10. The molecule has 0 heterocycles. The molecule has 0 fully saturated rings. The lowest BCUT2D eigenvalue weighted by atomic mass is 9.97. The van der Waals surface area contributed by atoms with E-state index in [1.165, 1.54) is 18.2 Å². The van der Waals surface area contributed by atoms with Gasteiger partial charge in [0.1, 0.15) is 17.8 Å². The third kappa shape index (κ3) is 10.1. The topological polar surface area (TPSA) is 54.0 Å². The summed E-state index contributed by atoms with van der Waals surface area (Å²) in [5.74, 6) is 1.56. The van der Waals surface area contributed by atoms with Gasteiger partial charge in [-0.05, 0) is 97.7 Å². The van der Waals surface area contributed by atoms with Gasteiger partial charge in [-0.15, -0.1) is 0 Å². The first kappa shape index (κ1) is 29.0. The van der Waals surface area contributed by atoms with Crippen LogP contribution in [0.3, 0.4) is 0 Å². The second-order valence-corrected chi connectivity index (χ2v) is 9.50. The minimum Gasteiger partial charge on any atom is -0.494 e. The van der Waals surface area contributed by atoms with Gasteiger partial charge in [0.2, 0.25) is 0 Å². The number of esters is 1. The van der Waals surface area contributed by atoms with Gasteiger partial charge < -0.3 is 14.4 Å². The molecule has 0 aliphatic rings. The highest BCUT2D eigenvalue weighted by Gasteiger charge is 2.10. The van der Waals surface area contributed by atoms with Gasteiger partial charge >= 0.3 is 5.97 Å². The van der Waals surface area contributed by atoms with Gasteiger partial charge in [-0.1, -0.05) is 63.1 Å². The first-order valence-electron chi connectivity index (χ1n) is 13.6. The SMILES string of the molecule is C/C=C/OOCCCCCCOc1ccc(C(=O)Oc2ccc(-c3ccc(CC(C)CC)cc3)cc2)cc1. The molecule has 3 aromatic rings. The fourth-order valence-corrected chi connectivity index (χ4v) is 3.90. The van der Waals surface area contributed by atoms with E-state index in [0.717, 1.165) is 49.0 Å². The maximum atomic E-state index is 12.6. The van der Waals surface area contributed by atoms with E-state index in [9.17, 15) is 4.79 Å². The molecule has 0 aliphatic carbocycles. The van der Waals surface area contributed by atoms with Gasteiger partial charge in [0.05, 0.1) is 18.8 Å². The van der Waals surface area contributed by atoms with E-state index in [4.69, 9.17) is 19.2 Å². The number of ether oxygens (including phenoxy) is 2. The van der Waals surface area contributed by atoms with E-state index in [2.05, 4.69) is 38.1 Å². The highest BCUT2D eigenvalue weighted by atomic mass is 17.2. The van der Waals surface area contributed by atoms with E-state index in [1.807, 2.05) is 31.2 Å². The molecule has 3 rings (SSSR count). The molecule has 0 N–H and O–H groups in total. The summed E-state index contributed by atoms with van der Waals surface area (Å²) in [5.41, 5.74) is 4.08. The molecule has 202 valence electrons. The van der Waals surface area contributed by atoms with Crippen LogP contribution in [0.15, 0.2) is 85.1 Å². The quantitative estimate of drug-likeness (QED) is 0.0476. The summed E-state index contributed by atoms with van der Waals surface area (Å²) in [5, 5.41) is 0. The molecule has 0 aromatic heterocycles. The van der Waals surface area contributed by atoms with E-state index < -0.39 is 0 Å². The molecular weight excluding hydrogens is 476 g/mol. The van der Waals surface area contributed by atoms with E-state index in [1.54, 1.807) is 30.3 Å². The third-order valence-corrected chi connectivity index (χ3v) is 6.37. The fraction of sp³-hybridized carbons (Fsp3) is 0.364. The van der Waals surface area contributed by atoms with Crippen LogP contribution < -0.4 is 9.47 Å². The molecule has 0 bridgehead atoms. The monoisotopic (exact) mass is 516 g/mol. The molecule has 0 spiro atoms. The molecule has 1 atom stereocenters. The molecule has 3 aromatic carbocycles. The summed E-state index contributed by atoms with van der Waals surface area (Å²) in [7, 11) is 0. The van der Waals surface area contributed by atoms with E-state index in [0.29, 0.717) is 30.4 Å². The van der Waals surface area contributed by atoms with Gasteiger partial charge in [-0.25, -0.2) is 4.79 Å². The summed E-state index contributed by atoms with van der Waals surface area (Å²) in [4.78, 5) is 22.4. The summed E-state index contributed by atoms with van der Waals surface area (Å²) in [6, 6.07) is 23.4. The van der Waals surface area contributed by atoms with Crippen molar-refractivity contribution in [2.75, 3.05) is 13.2 Å². The lowest BCUT2D eigenvalue weighted by Crippen LogP contribution is -2.08. The van der Waals surface area contributed by atoms with Crippen LogP contribution in [0, 0.1) is 5.92 Å². The first-order valence-corrected chi connectivity index (χ1v) is 13.6. The molecule has 0 aliphatic heterocycles. The highest BCUT2D eigenvalue weighted by Crippen LogP contribution is 2.24. The van der Waals surface area contributed by atoms with Gasteiger partial charge in [0, 0.05) is 0 Å². The second-order valence-electron chi connectivity index (χ2n) is 9.50. The van der Waals surface area contributed by atoms with Crippen LogP contribution in [0.2, 0.25) is 0 Å². The number of hydrogen-bond donors (Lipinski definition) is 0. The van der Waals surface area contributed by atoms with Crippen molar-refractivity contribution in [1.82, 2.24) is 0 Å². The number of hydrogen-bond acceptors (Lipinski definition) is 5. The van der Waals surface area contributed by atoms with Crippen molar-refractivity contribution in [1.29, 1.82) is 0 Å². The summed E-state index contributed by atoms with van der Waals surface area (Å²) >= 11 is 0. The largest absolute Gasteiger partial charge is 0.494 e. The number of benzene rings is 3. The molecule has 5 heteroatoms. The van der Waals surface area contributed by atoms with Crippen molar-refractivity contribution >= 4 is 5.97 Å². The lowest BCUT2D eigenvalue weighted by molar-refractivity contribution is -0.249. The van der Waals surface area contributed by atoms with Crippen molar-refractivity contribution in [2.24, 2.45) is 5.92 Å². The molecule has 0 saturated heterocycles. The number of allylic oxidation sites excluding steroid dienone is 1. The normalized spacial score (nSPS) is 11.9. The fourth-order valence-electron chi connectivity index (χ4n) is 3.90. The standard InChI is InChI=1S/C33H40O5/c1-4-22-36-37-24-9-7-6-8-23-35-31-18-16-30(17-19-31)33(34)38-32-20-14-29(15-21-32)28-12-10-27(11-13-28)25-26(3)5-2/h4,10-22,26H,5-9,23-25H2,1-3H3/b22-4+. The second kappa shape index (κ2) is 16.3. The predicted molar refractivity (Wildman–Crippen MR) is 152 cm³/mol. The van der Waals surface area contributed by atoms with Crippen molar-refractivity contribution in [3.63, 3.8) is 0 Å². The Morgan fingerprint density at radius 3 is 2.03 bits per heavy atom. The van der Waals surface area contributed by atoms with Crippen LogP contribution in [-0.4, -0.2) is 19.2 Å². The Balaban J connectivity index is 1.39. The molecule has 0 radical (unpaired) electrons. The Bertz CT molecular complexity index is 1100. The smallest absolute Gasteiger partial charge is 0.343 e. The summed E-state index contributed by atoms with van der Waals surface area (Å²) in [6.07, 6.45) is 9.60. The van der Waals surface area contributed by atoms with Crippen LogP contribution in [0.1, 0.15) is 68.8 Å². The predicted octanol–water partition coefficient (Wildman–Crippen LogP) is 8.58. The third-order valence-electron chi connectivity index (χ3n) is 6.37. The average molecular weight is 517 g/mol. The first-order chi connectivity index (χ1) is 18.6. The number of carbonyl (C=O) groups excluding carboxylic acids is 1. The molecule has 5 nitrogen and oxygen atoms in total. The van der Waals surface area contributed by atoms with Crippen molar-refractivity contribution in [3.8, 4) is 22.6 Å². The Hall–Kier alpha value is -3.57. The number of unbranched alkanes of at least 4 members (excludes halogenated alkanes) is 3. The van der Waals surface area contributed by atoms with E-state index in [-0.39, 0.29) is 5.97 Å². The molecule has 0 amide bonds. The molecule has 38 heavy (non-hydrogen) atoms. The summed E-state index contributed by atoms with van der Waals surface area (Å²) < 4.78 is 11.4. The van der Waals surface area contributed by atoms with Crippen molar-refractivity contribution < 1.29 is 24.0 Å². The minimum atomic E-state index is -0.390. The molecule has 1 unspecified atom stereocenters. The summed E-state index contributed by atoms with van der Waals surface area (Å²) in [6.45, 7) is 7.59. The van der Waals surface area contributed by atoms with E-state index >= 15 is 0 Å². The zero-order valence-corrected chi connectivity index (χ0v) is 22.9. The number of rotatable bonds is 16. The maximum Gasteiger partial charge on any atom is 0.343 e. The Labute approximate surface area is 227 Å². The van der Waals surface area contributed by atoms with Crippen molar-refractivity contribution in [2.45, 2.75) is 59.3 Å². The zero-order valence-electron chi connectivity index (χ0n) is 22.9. The zero-order chi connectivity index (χ0) is 27.0.